The van der Waals surface area contributed by atoms with Crippen LogP contribution in [0.1, 0.15) is 10.4 Å². The van der Waals surface area contributed by atoms with E-state index < -0.39 is 23.9 Å². The molecule has 0 amide bonds. The van der Waals surface area contributed by atoms with Crippen LogP contribution in [0, 0.1) is 5.82 Å². The summed E-state index contributed by atoms with van der Waals surface area (Å²) in [4.78, 5) is 18.3. The Hall–Kier alpha value is -3.88. The highest BCUT2D eigenvalue weighted by Gasteiger charge is 2.31. The molecule has 0 spiro atoms. The number of halogens is 4. The summed E-state index contributed by atoms with van der Waals surface area (Å²) in [6.07, 6.45) is -4.81. The first kappa shape index (κ1) is 19.4. The molecule has 5 nitrogen and oxygen atoms in total. The van der Waals surface area contributed by atoms with E-state index in [1.807, 2.05) is 0 Å². The Morgan fingerprint density at radius 3 is 2.37 bits per heavy atom. The number of fused-ring (bicyclic) bond motifs is 1. The molecule has 2 N–H and O–H groups in total. The number of imidazole rings is 1. The van der Waals surface area contributed by atoms with Crippen molar-refractivity contribution in [2.45, 2.75) is 6.36 Å². The first-order chi connectivity index (χ1) is 14.2. The van der Waals surface area contributed by atoms with Gasteiger partial charge in [-0.05, 0) is 42.0 Å². The van der Waals surface area contributed by atoms with Crippen molar-refractivity contribution in [3.05, 3.63) is 72.0 Å². The van der Waals surface area contributed by atoms with Crippen molar-refractivity contribution in [2.75, 3.05) is 0 Å². The Morgan fingerprint density at radius 1 is 1.00 bits per heavy atom. The van der Waals surface area contributed by atoms with Crippen LogP contribution in [0.5, 0.6) is 5.75 Å². The maximum atomic E-state index is 15.2. The minimum atomic E-state index is -4.81. The van der Waals surface area contributed by atoms with E-state index in [1.54, 1.807) is 6.07 Å². The molecule has 4 rings (SSSR count). The molecular formula is C21H12F4N2O3. The summed E-state index contributed by atoms with van der Waals surface area (Å²) in [7, 11) is 0. The average molecular weight is 416 g/mol. The highest BCUT2D eigenvalue weighted by atomic mass is 19.4. The molecule has 0 aliphatic heterocycles. The lowest BCUT2D eigenvalue weighted by Crippen LogP contribution is -2.16. The molecule has 30 heavy (non-hydrogen) atoms. The number of benzene rings is 3. The Balaban J connectivity index is 1.71. The molecule has 9 heteroatoms. The second-order valence-corrected chi connectivity index (χ2v) is 6.36. The predicted octanol–water partition coefficient (Wildman–Crippen LogP) is 5.63. The van der Waals surface area contributed by atoms with Gasteiger partial charge < -0.3 is 14.8 Å². The Bertz CT molecular complexity index is 1250. The number of ether oxygens (including phenoxy) is 1. The van der Waals surface area contributed by atoms with E-state index in [1.165, 1.54) is 42.5 Å². The Kier molecular flexibility index (Phi) is 4.65. The second kappa shape index (κ2) is 7.18. The summed E-state index contributed by atoms with van der Waals surface area (Å²) in [5.41, 5.74) is 1.62. The number of carboxylic acids is 1. The third kappa shape index (κ3) is 3.82. The van der Waals surface area contributed by atoms with Crippen LogP contribution in [0.2, 0.25) is 0 Å². The Labute approximate surface area is 166 Å². The van der Waals surface area contributed by atoms with Crippen molar-refractivity contribution >= 4 is 17.0 Å². The summed E-state index contributed by atoms with van der Waals surface area (Å²) < 4.78 is 55.9. The van der Waals surface area contributed by atoms with Crippen LogP contribution >= 0.6 is 0 Å². The van der Waals surface area contributed by atoms with Gasteiger partial charge in [0.2, 0.25) is 0 Å². The van der Waals surface area contributed by atoms with Crippen molar-refractivity contribution in [1.29, 1.82) is 0 Å². The van der Waals surface area contributed by atoms with E-state index in [0.717, 1.165) is 12.1 Å². The third-order valence-corrected chi connectivity index (χ3v) is 4.38. The molecule has 1 heterocycles. The topological polar surface area (TPSA) is 75.2 Å². The number of carboxylic acid groups (broad SMARTS) is 1. The fourth-order valence-corrected chi connectivity index (χ4v) is 3.04. The van der Waals surface area contributed by atoms with Crippen molar-refractivity contribution in [1.82, 2.24) is 9.97 Å². The van der Waals surface area contributed by atoms with E-state index in [2.05, 4.69) is 14.7 Å². The van der Waals surface area contributed by atoms with Crippen LogP contribution < -0.4 is 4.74 Å². The van der Waals surface area contributed by atoms with Crippen LogP contribution in [-0.2, 0) is 0 Å². The van der Waals surface area contributed by atoms with Crippen molar-refractivity contribution in [2.24, 2.45) is 0 Å². The number of nitrogens with zero attached hydrogens (tertiary/aromatic N) is 1. The summed E-state index contributed by atoms with van der Waals surface area (Å²) in [6.45, 7) is 0. The number of hydrogen-bond acceptors (Lipinski definition) is 3. The molecule has 0 radical (unpaired) electrons. The smallest absolute Gasteiger partial charge is 0.478 e. The van der Waals surface area contributed by atoms with Gasteiger partial charge in [-0.2, -0.15) is 0 Å². The fourth-order valence-electron chi connectivity index (χ4n) is 3.04. The molecule has 0 fully saturated rings. The van der Waals surface area contributed by atoms with Crippen molar-refractivity contribution in [3.63, 3.8) is 0 Å². The first-order valence-electron chi connectivity index (χ1n) is 8.59. The molecular weight excluding hydrogens is 404 g/mol. The zero-order valence-electron chi connectivity index (χ0n) is 15.0. The van der Waals surface area contributed by atoms with E-state index in [-0.39, 0.29) is 22.5 Å². The van der Waals surface area contributed by atoms with Crippen LogP contribution in [0.15, 0.2) is 60.7 Å². The number of H-pyrrole nitrogens is 1. The molecule has 152 valence electrons. The van der Waals surface area contributed by atoms with Gasteiger partial charge in [0.05, 0.1) is 22.2 Å². The van der Waals surface area contributed by atoms with Crippen molar-refractivity contribution < 1.29 is 32.2 Å². The number of nitrogens with one attached hydrogen (secondary N) is 1. The first-order valence-corrected chi connectivity index (χ1v) is 8.59. The number of rotatable bonds is 4. The Morgan fingerprint density at radius 2 is 1.70 bits per heavy atom. The summed E-state index contributed by atoms with van der Waals surface area (Å²) >= 11 is 0. The number of aromatic carboxylic acids is 1. The molecule has 0 bridgehead atoms. The predicted molar refractivity (Wildman–Crippen MR) is 101 cm³/mol. The van der Waals surface area contributed by atoms with Gasteiger partial charge in [0.1, 0.15) is 17.4 Å². The second-order valence-electron chi connectivity index (χ2n) is 6.36. The number of aromatic nitrogens is 2. The van der Waals surface area contributed by atoms with E-state index in [0.29, 0.717) is 16.6 Å². The number of carbonyl (C=O) groups is 1. The van der Waals surface area contributed by atoms with Gasteiger partial charge in [0.15, 0.2) is 0 Å². The van der Waals surface area contributed by atoms with Gasteiger partial charge in [0, 0.05) is 5.56 Å². The lowest BCUT2D eigenvalue weighted by molar-refractivity contribution is -0.274. The third-order valence-electron chi connectivity index (χ3n) is 4.38. The highest BCUT2D eigenvalue weighted by Crippen LogP contribution is 2.32. The normalized spacial score (nSPS) is 11.6. The molecule has 0 aliphatic carbocycles. The number of hydrogen-bond donors (Lipinski definition) is 2. The fraction of sp³-hybridized carbons (Fsp3) is 0.0476. The van der Waals surface area contributed by atoms with Gasteiger partial charge in [-0.15, -0.1) is 13.2 Å². The van der Waals surface area contributed by atoms with E-state index in [4.69, 9.17) is 5.11 Å². The zero-order valence-corrected chi connectivity index (χ0v) is 15.0. The monoisotopic (exact) mass is 416 g/mol. The van der Waals surface area contributed by atoms with Crippen LogP contribution in [0.4, 0.5) is 17.6 Å². The number of aromatic amines is 1. The van der Waals surface area contributed by atoms with Crippen LogP contribution in [0.25, 0.3) is 33.5 Å². The molecule has 0 atom stereocenters. The van der Waals surface area contributed by atoms with Gasteiger partial charge in [-0.1, -0.05) is 24.3 Å². The summed E-state index contributed by atoms with van der Waals surface area (Å²) in [6, 6.07) is 13.7. The molecule has 0 unspecified atom stereocenters. The zero-order chi connectivity index (χ0) is 21.5. The molecule has 3 aromatic carbocycles. The molecule has 0 saturated carbocycles. The quantitative estimate of drug-likeness (QED) is 0.423. The minimum absolute atomic E-state index is 0.0630. The molecule has 1 aromatic heterocycles. The SMILES string of the molecule is O=C(O)c1ccc2nc(-c3cccc(-c4ccc(OC(F)(F)F)cc4)c3F)[nH]c2c1. The van der Waals surface area contributed by atoms with Crippen molar-refractivity contribution in [3.8, 4) is 28.3 Å². The largest absolute Gasteiger partial charge is 0.573 e. The lowest BCUT2D eigenvalue weighted by Gasteiger charge is -2.10. The molecule has 0 saturated heterocycles. The van der Waals surface area contributed by atoms with Crippen LogP contribution in [-0.4, -0.2) is 27.4 Å². The minimum Gasteiger partial charge on any atom is -0.478 e. The van der Waals surface area contributed by atoms with Gasteiger partial charge in [-0.3, -0.25) is 0 Å². The van der Waals surface area contributed by atoms with E-state index >= 15 is 4.39 Å². The van der Waals surface area contributed by atoms with Crippen LogP contribution in [0.3, 0.4) is 0 Å². The summed E-state index contributed by atoms with van der Waals surface area (Å²) in [5.74, 6) is -1.93. The lowest BCUT2D eigenvalue weighted by atomic mass is 10.0. The van der Waals surface area contributed by atoms with Gasteiger partial charge in [-0.25, -0.2) is 14.2 Å². The average Bonchev–Trinajstić information content (AvgIpc) is 3.10. The molecule has 0 aliphatic rings. The standard InChI is InChI=1S/C21H12F4N2O3/c22-18-14(11-4-7-13(8-5-11)30-21(23,24)25)2-1-3-15(18)19-26-16-9-6-12(20(28)29)10-17(16)27-19/h1-10H,(H,26,27)(H,28,29). The molecule has 4 aromatic rings. The van der Waals surface area contributed by atoms with E-state index in [9.17, 15) is 18.0 Å². The van der Waals surface area contributed by atoms with Gasteiger partial charge >= 0.3 is 12.3 Å². The highest BCUT2D eigenvalue weighted by molar-refractivity contribution is 5.93. The van der Waals surface area contributed by atoms with Gasteiger partial charge in [0.25, 0.3) is 0 Å². The number of alkyl halides is 3. The maximum Gasteiger partial charge on any atom is 0.573 e. The summed E-state index contributed by atoms with van der Waals surface area (Å²) in [5, 5.41) is 9.09. The maximum absolute atomic E-state index is 15.2.